The van der Waals surface area contributed by atoms with Crippen LogP contribution >= 0.6 is 0 Å². The molecule has 7 nitrogen and oxygen atoms in total. The summed E-state index contributed by atoms with van der Waals surface area (Å²) in [5, 5.41) is 22.2. The van der Waals surface area contributed by atoms with Crippen LogP contribution in [0.1, 0.15) is 12.8 Å². The Kier molecular flexibility index (Phi) is 10.2. The van der Waals surface area contributed by atoms with Gasteiger partial charge in [-0.25, -0.2) is 0 Å². The number of nitrogens with one attached hydrogen (secondary N) is 2. The number of carbonyl (C=O) groups excluding carboxylic acids is 2. The van der Waals surface area contributed by atoms with E-state index < -0.39 is 0 Å². The molecule has 0 saturated carbocycles. The molecule has 7 heteroatoms. The Hall–Kier alpha value is -1.18. The first-order valence-corrected chi connectivity index (χ1v) is 6.03. The average molecular weight is 261 g/mol. The molecule has 2 amide bonds. The van der Waals surface area contributed by atoms with Gasteiger partial charge in [0.25, 0.3) is 0 Å². The van der Waals surface area contributed by atoms with Crippen molar-refractivity contribution in [1.29, 1.82) is 0 Å². The number of hydrogen-bond acceptors (Lipinski definition) is 5. The molecule has 0 aliphatic carbocycles. The van der Waals surface area contributed by atoms with Crippen LogP contribution in [-0.4, -0.2) is 73.4 Å². The van der Waals surface area contributed by atoms with E-state index in [4.69, 9.17) is 10.2 Å². The molecular weight excluding hydrogens is 238 g/mol. The van der Waals surface area contributed by atoms with E-state index in [1.54, 1.807) is 0 Å². The number of aliphatic hydroxyl groups is 2. The number of aliphatic hydroxyl groups excluding tert-OH is 2. The summed E-state index contributed by atoms with van der Waals surface area (Å²) in [5.41, 5.74) is 0. The van der Waals surface area contributed by atoms with Gasteiger partial charge in [0.1, 0.15) is 0 Å². The summed E-state index contributed by atoms with van der Waals surface area (Å²) in [6.45, 7) is 1.53. The normalized spacial score (nSPS) is 10.4. The van der Waals surface area contributed by atoms with Crippen LogP contribution in [0.15, 0.2) is 0 Å². The maximum atomic E-state index is 11.2. The zero-order valence-electron chi connectivity index (χ0n) is 10.8. The van der Waals surface area contributed by atoms with Crippen LogP contribution in [0.5, 0.6) is 0 Å². The van der Waals surface area contributed by atoms with Gasteiger partial charge in [0, 0.05) is 39.0 Å². The molecular formula is C11H23N3O4. The first-order valence-electron chi connectivity index (χ1n) is 6.03. The first kappa shape index (κ1) is 16.8. The van der Waals surface area contributed by atoms with Crippen molar-refractivity contribution >= 4 is 11.8 Å². The minimum Gasteiger partial charge on any atom is -0.395 e. The lowest BCUT2D eigenvalue weighted by Crippen LogP contribution is -2.33. The van der Waals surface area contributed by atoms with E-state index in [-0.39, 0.29) is 38.1 Å². The lowest BCUT2D eigenvalue weighted by molar-refractivity contribution is -0.121. The first-order chi connectivity index (χ1) is 8.60. The number of nitrogens with zero attached hydrogens (tertiary/aromatic N) is 1. The van der Waals surface area contributed by atoms with Gasteiger partial charge in [0.2, 0.25) is 11.8 Å². The summed E-state index contributed by atoms with van der Waals surface area (Å²) in [5.74, 6) is -0.221. The number of hydrogen-bond donors (Lipinski definition) is 4. The highest BCUT2D eigenvalue weighted by Crippen LogP contribution is 1.91. The molecule has 0 bridgehead atoms. The molecule has 0 aromatic rings. The van der Waals surface area contributed by atoms with Gasteiger partial charge in [-0.05, 0) is 7.05 Å². The molecule has 0 aliphatic rings. The van der Waals surface area contributed by atoms with Gasteiger partial charge in [-0.15, -0.1) is 0 Å². The predicted octanol–water partition coefficient (Wildman–Crippen LogP) is -2.08. The minimum absolute atomic E-state index is 0.0629. The lowest BCUT2D eigenvalue weighted by Gasteiger charge is -2.15. The quantitative estimate of drug-likeness (QED) is 0.361. The molecule has 0 aliphatic heterocycles. The summed E-state index contributed by atoms with van der Waals surface area (Å²) in [4.78, 5) is 24.3. The molecule has 0 aromatic carbocycles. The molecule has 18 heavy (non-hydrogen) atoms. The van der Waals surface area contributed by atoms with Crippen LogP contribution in [0.3, 0.4) is 0 Å². The molecule has 0 rings (SSSR count). The monoisotopic (exact) mass is 261 g/mol. The van der Waals surface area contributed by atoms with Crippen molar-refractivity contribution in [1.82, 2.24) is 15.5 Å². The Morgan fingerprint density at radius 2 is 1.33 bits per heavy atom. The molecule has 0 saturated heterocycles. The predicted molar refractivity (Wildman–Crippen MR) is 66.9 cm³/mol. The molecule has 0 spiro atoms. The van der Waals surface area contributed by atoms with E-state index in [0.29, 0.717) is 25.9 Å². The smallest absolute Gasteiger partial charge is 0.221 e. The van der Waals surface area contributed by atoms with Gasteiger partial charge in [0.15, 0.2) is 0 Å². The van der Waals surface area contributed by atoms with Gasteiger partial charge in [-0.2, -0.15) is 0 Å². The van der Waals surface area contributed by atoms with Crippen molar-refractivity contribution in [3.8, 4) is 0 Å². The van der Waals surface area contributed by atoms with Crippen molar-refractivity contribution in [2.75, 3.05) is 46.4 Å². The molecule has 0 fully saturated rings. The number of carbonyl (C=O) groups is 2. The van der Waals surface area contributed by atoms with Gasteiger partial charge in [-0.3, -0.25) is 9.59 Å². The van der Waals surface area contributed by atoms with Crippen LogP contribution < -0.4 is 10.6 Å². The van der Waals surface area contributed by atoms with Crippen molar-refractivity contribution in [3.05, 3.63) is 0 Å². The molecule has 0 heterocycles. The summed E-state index contributed by atoms with van der Waals surface area (Å²) < 4.78 is 0. The minimum atomic E-state index is -0.111. The Labute approximate surface area is 107 Å². The average Bonchev–Trinajstić information content (AvgIpc) is 2.37. The Bertz CT molecular complexity index is 224. The van der Waals surface area contributed by atoms with Crippen molar-refractivity contribution < 1.29 is 19.8 Å². The SMILES string of the molecule is CN(CCC(=O)NCCO)CCC(=O)NCCO. The fourth-order valence-corrected chi connectivity index (χ4v) is 1.26. The van der Waals surface area contributed by atoms with E-state index in [1.165, 1.54) is 0 Å². The van der Waals surface area contributed by atoms with E-state index >= 15 is 0 Å². The topological polar surface area (TPSA) is 102 Å². The van der Waals surface area contributed by atoms with Crippen molar-refractivity contribution in [3.63, 3.8) is 0 Å². The second-order valence-electron chi connectivity index (χ2n) is 3.95. The second kappa shape index (κ2) is 10.9. The molecule has 0 aromatic heterocycles. The molecule has 0 radical (unpaired) electrons. The Balaban J connectivity index is 3.55. The third kappa shape index (κ3) is 10.0. The Morgan fingerprint density at radius 3 is 1.67 bits per heavy atom. The number of rotatable bonds is 10. The maximum absolute atomic E-state index is 11.2. The van der Waals surface area contributed by atoms with E-state index in [0.717, 1.165) is 0 Å². The molecule has 106 valence electrons. The standard InChI is InChI=1S/C11H23N3O4/c1-14(6-2-10(17)12-4-8-15)7-3-11(18)13-5-9-16/h15-16H,2-9H2,1H3,(H,12,17)(H,13,18). The molecule has 0 atom stereocenters. The highest BCUT2D eigenvalue weighted by molar-refractivity contribution is 5.76. The van der Waals surface area contributed by atoms with Crippen LogP contribution in [0.4, 0.5) is 0 Å². The van der Waals surface area contributed by atoms with Crippen LogP contribution in [0, 0.1) is 0 Å². The summed E-state index contributed by atoms with van der Waals surface area (Å²) >= 11 is 0. The van der Waals surface area contributed by atoms with Gasteiger partial charge < -0.3 is 25.7 Å². The number of amides is 2. The third-order valence-electron chi connectivity index (χ3n) is 2.31. The van der Waals surface area contributed by atoms with Gasteiger partial charge in [0.05, 0.1) is 13.2 Å². The van der Waals surface area contributed by atoms with Crippen LogP contribution in [-0.2, 0) is 9.59 Å². The summed E-state index contributed by atoms with van der Waals surface area (Å²) in [6.07, 6.45) is 0.684. The van der Waals surface area contributed by atoms with Crippen molar-refractivity contribution in [2.45, 2.75) is 12.8 Å². The fraction of sp³-hybridized carbons (Fsp3) is 0.818. The van der Waals surface area contributed by atoms with Gasteiger partial charge in [-0.1, -0.05) is 0 Å². The molecule has 0 unspecified atom stereocenters. The summed E-state index contributed by atoms with van der Waals surface area (Å²) in [6, 6.07) is 0. The summed E-state index contributed by atoms with van der Waals surface area (Å²) in [7, 11) is 1.83. The zero-order valence-corrected chi connectivity index (χ0v) is 10.8. The largest absolute Gasteiger partial charge is 0.395 e. The highest BCUT2D eigenvalue weighted by Gasteiger charge is 2.06. The second-order valence-corrected chi connectivity index (χ2v) is 3.95. The lowest BCUT2D eigenvalue weighted by atomic mass is 10.3. The van der Waals surface area contributed by atoms with E-state index in [2.05, 4.69) is 10.6 Å². The van der Waals surface area contributed by atoms with Gasteiger partial charge >= 0.3 is 0 Å². The van der Waals surface area contributed by atoms with Crippen LogP contribution in [0.2, 0.25) is 0 Å². The highest BCUT2D eigenvalue weighted by atomic mass is 16.3. The Morgan fingerprint density at radius 1 is 0.944 bits per heavy atom. The zero-order chi connectivity index (χ0) is 13.8. The third-order valence-corrected chi connectivity index (χ3v) is 2.31. The van der Waals surface area contributed by atoms with Crippen LogP contribution in [0.25, 0.3) is 0 Å². The fourth-order valence-electron chi connectivity index (χ4n) is 1.26. The van der Waals surface area contributed by atoms with E-state index in [1.807, 2.05) is 11.9 Å². The molecule has 4 N–H and O–H groups in total. The van der Waals surface area contributed by atoms with Crippen molar-refractivity contribution in [2.24, 2.45) is 0 Å². The van der Waals surface area contributed by atoms with E-state index in [9.17, 15) is 9.59 Å². The maximum Gasteiger partial charge on any atom is 0.221 e.